The largest absolute Gasteiger partial charge is 0.416 e. The van der Waals surface area contributed by atoms with E-state index in [1.54, 1.807) is 30.3 Å². The highest BCUT2D eigenvalue weighted by Crippen LogP contribution is 2.34. The Balaban J connectivity index is 1.25. The van der Waals surface area contributed by atoms with E-state index in [2.05, 4.69) is 20.5 Å². The average Bonchev–Trinajstić information content (AvgIpc) is 3.50. The van der Waals surface area contributed by atoms with Crippen LogP contribution >= 0.6 is 11.6 Å². The third-order valence-electron chi connectivity index (χ3n) is 8.03. The predicted molar refractivity (Wildman–Crippen MR) is 160 cm³/mol. The minimum Gasteiger partial charge on any atom is -0.356 e. The molecule has 1 aliphatic heterocycles. The molecule has 1 aromatic heterocycles. The maximum absolute atomic E-state index is 13.3. The van der Waals surface area contributed by atoms with Gasteiger partial charge < -0.3 is 15.5 Å². The van der Waals surface area contributed by atoms with Crippen LogP contribution in [0.3, 0.4) is 0 Å². The summed E-state index contributed by atoms with van der Waals surface area (Å²) in [5.41, 5.74) is 1.74. The lowest BCUT2D eigenvalue weighted by Crippen LogP contribution is -2.37. The molecule has 7 nitrogen and oxygen atoms in total. The fourth-order valence-corrected chi connectivity index (χ4v) is 5.68. The van der Waals surface area contributed by atoms with Gasteiger partial charge in [-0.3, -0.25) is 9.59 Å². The van der Waals surface area contributed by atoms with Gasteiger partial charge in [-0.1, -0.05) is 42.6 Å². The van der Waals surface area contributed by atoms with Gasteiger partial charge in [0.25, 0.3) is 5.91 Å². The number of hydrogen-bond donors (Lipinski definition) is 2. The van der Waals surface area contributed by atoms with Gasteiger partial charge in [-0.2, -0.15) is 13.2 Å². The van der Waals surface area contributed by atoms with E-state index in [1.165, 1.54) is 12.1 Å². The Morgan fingerprint density at radius 1 is 0.930 bits per heavy atom. The molecule has 2 fully saturated rings. The molecule has 0 spiro atoms. The van der Waals surface area contributed by atoms with Gasteiger partial charge in [-0.25, -0.2) is 9.97 Å². The number of amides is 2. The molecule has 222 valence electrons. The van der Waals surface area contributed by atoms with Crippen molar-refractivity contribution in [3.8, 4) is 11.4 Å². The monoisotopic (exact) mass is 607 g/mol. The number of nitrogens with zero attached hydrogens (tertiary/aromatic N) is 3. The van der Waals surface area contributed by atoms with Crippen LogP contribution in [0, 0.1) is 5.92 Å². The summed E-state index contributed by atoms with van der Waals surface area (Å²) >= 11 is 6.38. The highest BCUT2D eigenvalue weighted by Gasteiger charge is 2.30. The minimum atomic E-state index is -4.44. The summed E-state index contributed by atoms with van der Waals surface area (Å²) in [6.07, 6.45) is 0.522. The maximum atomic E-state index is 13.3. The molecule has 1 aliphatic carbocycles. The van der Waals surface area contributed by atoms with Gasteiger partial charge in [0.1, 0.15) is 5.82 Å². The van der Waals surface area contributed by atoms with E-state index in [0.717, 1.165) is 68.3 Å². The zero-order valence-electron chi connectivity index (χ0n) is 23.2. The van der Waals surface area contributed by atoms with Crippen LogP contribution in [0.15, 0.2) is 60.7 Å². The fraction of sp³-hybridized carbons (Fsp3) is 0.312. The number of carbonyl (C=O) groups excluding carboxylic acids is 2. The smallest absolute Gasteiger partial charge is 0.356 e. The first-order chi connectivity index (χ1) is 20.7. The molecule has 4 aromatic rings. The van der Waals surface area contributed by atoms with Crippen LogP contribution in [-0.4, -0.2) is 34.9 Å². The third-order valence-corrected chi connectivity index (χ3v) is 8.36. The van der Waals surface area contributed by atoms with Crippen LogP contribution in [0.2, 0.25) is 5.02 Å². The second kappa shape index (κ2) is 11.8. The summed E-state index contributed by atoms with van der Waals surface area (Å²) in [6.45, 7) is 1.92. The van der Waals surface area contributed by atoms with Gasteiger partial charge in [0.05, 0.1) is 21.7 Å². The normalized spacial score (nSPS) is 15.4. The first kappa shape index (κ1) is 28.9. The molecule has 0 bridgehead atoms. The van der Waals surface area contributed by atoms with Crippen molar-refractivity contribution in [3.05, 3.63) is 82.4 Å². The third kappa shape index (κ3) is 6.29. The Morgan fingerprint density at radius 2 is 1.67 bits per heavy atom. The molecule has 0 atom stereocenters. The highest BCUT2D eigenvalue weighted by atomic mass is 35.5. The molecule has 1 saturated heterocycles. The molecule has 3 aromatic carbocycles. The predicted octanol–water partition coefficient (Wildman–Crippen LogP) is 7.24. The first-order valence-corrected chi connectivity index (χ1v) is 14.7. The van der Waals surface area contributed by atoms with E-state index < -0.39 is 17.6 Å². The first-order valence-electron chi connectivity index (χ1n) is 14.3. The van der Waals surface area contributed by atoms with E-state index in [1.807, 2.05) is 6.07 Å². The number of alkyl halides is 3. The lowest BCUT2D eigenvalue weighted by atomic mass is 10.1. The van der Waals surface area contributed by atoms with Crippen molar-refractivity contribution in [3.63, 3.8) is 0 Å². The topological polar surface area (TPSA) is 87.2 Å². The van der Waals surface area contributed by atoms with Gasteiger partial charge in [0.2, 0.25) is 5.91 Å². The molecule has 2 aliphatic rings. The number of anilines is 2. The summed E-state index contributed by atoms with van der Waals surface area (Å²) in [7, 11) is 0. The molecule has 2 amide bonds. The van der Waals surface area contributed by atoms with Crippen molar-refractivity contribution < 1.29 is 22.8 Å². The van der Waals surface area contributed by atoms with Crippen LogP contribution < -0.4 is 15.5 Å². The van der Waals surface area contributed by atoms with Crippen molar-refractivity contribution in [2.45, 2.75) is 44.8 Å². The number of carbonyl (C=O) groups is 2. The van der Waals surface area contributed by atoms with E-state index in [0.29, 0.717) is 35.0 Å². The van der Waals surface area contributed by atoms with Gasteiger partial charge in [-0.15, -0.1) is 0 Å². The van der Waals surface area contributed by atoms with Gasteiger partial charge >= 0.3 is 6.18 Å². The Hall–Kier alpha value is -4.18. The lowest BCUT2D eigenvalue weighted by Gasteiger charge is -2.33. The number of rotatable bonds is 7. The molecule has 11 heteroatoms. The summed E-state index contributed by atoms with van der Waals surface area (Å²) in [5.74, 6) is 0.646. The van der Waals surface area contributed by atoms with Gasteiger partial charge in [0.15, 0.2) is 5.82 Å². The van der Waals surface area contributed by atoms with Crippen LogP contribution in [-0.2, 0) is 17.5 Å². The summed E-state index contributed by atoms with van der Waals surface area (Å²) in [6, 6.07) is 15.1. The summed E-state index contributed by atoms with van der Waals surface area (Å²) < 4.78 is 39.3. The minimum absolute atomic E-state index is 0.0323. The van der Waals surface area contributed by atoms with Crippen molar-refractivity contribution in [1.29, 1.82) is 0 Å². The second-order valence-corrected chi connectivity index (χ2v) is 11.4. The molecule has 0 radical (unpaired) electrons. The summed E-state index contributed by atoms with van der Waals surface area (Å²) in [5, 5.41) is 6.88. The Kier molecular flexibility index (Phi) is 7.96. The quantitative estimate of drug-likeness (QED) is 0.231. The molecular weight excluding hydrogens is 579 g/mol. The number of aromatic nitrogens is 2. The number of nitrogens with one attached hydrogen (secondary N) is 2. The summed E-state index contributed by atoms with van der Waals surface area (Å²) in [4.78, 5) is 37.2. The Labute approximate surface area is 251 Å². The average molecular weight is 608 g/mol. The molecule has 0 unspecified atom stereocenters. The standard InChI is InChI=1S/C32H29ClF3N5O2/c33-26-13-6-19(18-37-30(42)21-4-1-2-5-21)16-25(26)31(43)38-23-11-12-24-27(17-23)39-28(40-29(24)41-14-3-15-41)20-7-9-22(10-8-20)32(34,35)36/h6-13,16-17,21H,1-5,14-15,18H2,(H,37,42)(H,38,43). The molecule has 1 saturated carbocycles. The van der Waals surface area contributed by atoms with Crippen LogP contribution in [0.4, 0.5) is 24.7 Å². The number of fused-ring (bicyclic) bond motifs is 1. The van der Waals surface area contributed by atoms with Crippen LogP contribution in [0.1, 0.15) is 53.6 Å². The Bertz CT molecular complexity index is 1680. The van der Waals surface area contributed by atoms with Gasteiger partial charge in [-0.05, 0) is 67.3 Å². The molecule has 43 heavy (non-hydrogen) atoms. The fourth-order valence-electron chi connectivity index (χ4n) is 5.47. The van der Waals surface area contributed by atoms with Gasteiger partial charge in [0, 0.05) is 42.2 Å². The van der Waals surface area contributed by atoms with Crippen molar-refractivity contribution in [2.24, 2.45) is 5.92 Å². The number of benzene rings is 3. The highest BCUT2D eigenvalue weighted by molar-refractivity contribution is 6.34. The van der Waals surface area contributed by atoms with Crippen molar-refractivity contribution in [2.75, 3.05) is 23.3 Å². The molecule has 2 heterocycles. The van der Waals surface area contributed by atoms with Crippen LogP contribution in [0.25, 0.3) is 22.3 Å². The van der Waals surface area contributed by atoms with Crippen molar-refractivity contribution >= 4 is 45.8 Å². The zero-order valence-corrected chi connectivity index (χ0v) is 23.9. The second-order valence-electron chi connectivity index (χ2n) is 11.0. The zero-order chi connectivity index (χ0) is 30.1. The lowest BCUT2D eigenvalue weighted by molar-refractivity contribution is -0.137. The number of halogens is 4. The van der Waals surface area contributed by atoms with E-state index in [-0.39, 0.29) is 22.4 Å². The van der Waals surface area contributed by atoms with Crippen LogP contribution in [0.5, 0.6) is 0 Å². The van der Waals surface area contributed by atoms with Crippen molar-refractivity contribution in [1.82, 2.24) is 15.3 Å². The van der Waals surface area contributed by atoms with E-state index in [9.17, 15) is 22.8 Å². The molecular formula is C32H29ClF3N5O2. The molecule has 6 rings (SSSR count). The van der Waals surface area contributed by atoms with E-state index in [4.69, 9.17) is 16.6 Å². The maximum Gasteiger partial charge on any atom is 0.416 e. The molecule has 2 N–H and O–H groups in total. The Morgan fingerprint density at radius 3 is 2.35 bits per heavy atom. The number of hydrogen-bond acceptors (Lipinski definition) is 5. The van der Waals surface area contributed by atoms with E-state index >= 15 is 0 Å². The SMILES string of the molecule is O=C(Nc1ccc2c(N3CCC3)nc(-c3ccc(C(F)(F)F)cc3)nc2c1)c1cc(CNC(=O)C2CCCC2)ccc1Cl.